The summed E-state index contributed by atoms with van der Waals surface area (Å²) < 4.78 is 5.44. The van der Waals surface area contributed by atoms with Gasteiger partial charge in [-0.2, -0.15) is 15.0 Å². The summed E-state index contributed by atoms with van der Waals surface area (Å²) in [5.41, 5.74) is 4.86. The molecule has 0 bridgehead atoms. The van der Waals surface area contributed by atoms with Crippen LogP contribution in [0.25, 0.3) is 0 Å². The summed E-state index contributed by atoms with van der Waals surface area (Å²) in [5, 5.41) is 12.3. The summed E-state index contributed by atoms with van der Waals surface area (Å²) in [6.07, 6.45) is 1.92. The number of benzene rings is 3. The summed E-state index contributed by atoms with van der Waals surface area (Å²) in [5.74, 6) is 1.49. The SMILES string of the molecule is CCOc1ccc(NC(=O)CNc2nc(Nc3ccc(CC)cc3)nc(Nc3ccc(CC)cc3)n2)cc1. The van der Waals surface area contributed by atoms with Crippen molar-refractivity contribution in [2.45, 2.75) is 33.6 Å². The van der Waals surface area contributed by atoms with Crippen molar-refractivity contribution in [1.82, 2.24) is 15.0 Å². The molecule has 0 aliphatic rings. The van der Waals surface area contributed by atoms with Gasteiger partial charge in [-0.3, -0.25) is 4.79 Å². The summed E-state index contributed by atoms with van der Waals surface area (Å²) in [4.78, 5) is 26.0. The van der Waals surface area contributed by atoms with Gasteiger partial charge in [0.2, 0.25) is 23.8 Å². The highest BCUT2D eigenvalue weighted by Crippen LogP contribution is 2.20. The van der Waals surface area contributed by atoms with Gasteiger partial charge < -0.3 is 26.0 Å². The van der Waals surface area contributed by atoms with Crippen molar-refractivity contribution in [3.8, 4) is 5.75 Å². The molecule has 0 fully saturated rings. The van der Waals surface area contributed by atoms with Crippen LogP contribution in [0.1, 0.15) is 31.9 Å². The smallest absolute Gasteiger partial charge is 0.243 e. The fourth-order valence-corrected chi connectivity index (χ4v) is 3.64. The van der Waals surface area contributed by atoms with Crippen molar-refractivity contribution in [2.24, 2.45) is 0 Å². The van der Waals surface area contributed by atoms with Crippen molar-refractivity contribution in [2.75, 3.05) is 34.4 Å². The third-order valence-electron chi connectivity index (χ3n) is 5.73. The minimum Gasteiger partial charge on any atom is -0.494 e. The molecule has 9 nitrogen and oxygen atoms in total. The third-order valence-corrected chi connectivity index (χ3v) is 5.73. The monoisotopic (exact) mass is 511 g/mol. The van der Waals surface area contributed by atoms with Crippen molar-refractivity contribution in [3.63, 3.8) is 0 Å². The van der Waals surface area contributed by atoms with Crippen molar-refractivity contribution in [1.29, 1.82) is 0 Å². The van der Waals surface area contributed by atoms with Crippen LogP contribution in [0.3, 0.4) is 0 Å². The Balaban J connectivity index is 1.47. The normalized spacial score (nSPS) is 10.5. The molecule has 1 aromatic heterocycles. The molecule has 4 N–H and O–H groups in total. The highest BCUT2D eigenvalue weighted by molar-refractivity contribution is 5.93. The number of hydrogen-bond acceptors (Lipinski definition) is 8. The number of nitrogens with one attached hydrogen (secondary N) is 4. The van der Waals surface area contributed by atoms with Gasteiger partial charge in [-0.1, -0.05) is 38.1 Å². The summed E-state index contributed by atoms with van der Waals surface area (Å²) in [6, 6.07) is 23.4. The molecule has 1 amide bonds. The minimum absolute atomic E-state index is 0.0213. The van der Waals surface area contributed by atoms with E-state index in [1.165, 1.54) is 11.1 Å². The Kier molecular flexibility index (Phi) is 9.07. The Hall–Kier alpha value is -4.66. The van der Waals surface area contributed by atoms with Crippen LogP contribution < -0.4 is 26.0 Å². The highest BCUT2D eigenvalue weighted by atomic mass is 16.5. The first-order valence-corrected chi connectivity index (χ1v) is 12.8. The average Bonchev–Trinajstić information content (AvgIpc) is 2.94. The fourth-order valence-electron chi connectivity index (χ4n) is 3.64. The van der Waals surface area contributed by atoms with Crippen molar-refractivity contribution < 1.29 is 9.53 Å². The molecule has 38 heavy (non-hydrogen) atoms. The fraction of sp³-hybridized carbons (Fsp3) is 0.241. The quantitative estimate of drug-likeness (QED) is 0.185. The molecule has 0 aliphatic carbocycles. The zero-order chi connectivity index (χ0) is 26.7. The molecular weight excluding hydrogens is 478 g/mol. The molecule has 0 unspecified atom stereocenters. The van der Waals surface area contributed by atoms with Gasteiger partial charge in [-0.05, 0) is 79.4 Å². The van der Waals surface area contributed by atoms with Gasteiger partial charge in [-0.15, -0.1) is 0 Å². The molecule has 0 saturated heterocycles. The average molecular weight is 512 g/mol. The zero-order valence-electron chi connectivity index (χ0n) is 21.9. The number of carbonyl (C=O) groups is 1. The van der Waals surface area contributed by atoms with E-state index >= 15 is 0 Å². The number of aryl methyl sites for hydroxylation is 2. The number of hydrogen-bond donors (Lipinski definition) is 4. The maximum absolute atomic E-state index is 12.6. The molecule has 0 atom stereocenters. The van der Waals surface area contributed by atoms with Crippen LogP contribution in [0, 0.1) is 0 Å². The van der Waals surface area contributed by atoms with E-state index in [0.717, 1.165) is 30.0 Å². The largest absolute Gasteiger partial charge is 0.494 e. The molecular formula is C29H33N7O2. The molecule has 4 aromatic rings. The second-order valence-electron chi connectivity index (χ2n) is 8.52. The molecule has 3 aromatic carbocycles. The molecule has 0 spiro atoms. The summed E-state index contributed by atoms with van der Waals surface area (Å²) in [6.45, 7) is 6.72. The molecule has 0 aliphatic heterocycles. The standard InChI is InChI=1S/C29H33N7O2/c1-4-20-7-11-23(12-8-20)32-28-34-27(35-29(36-28)33-24-13-9-21(5-2)10-14-24)30-19-26(37)31-22-15-17-25(18-16-22)38-6-3/h7-18H,4-6,19H2,1-3H3,(H,31,37)(H3,30,32,33,34,35,36). The number of amides is 1. The van der Waals surface area contributed by atoms with Crippen molar-refractivity contribution in [3.05, 3.63) is 83.9 Å². The van der Waals surface area contributed by atoms with Crippen LogP contribution in [0.5, 0.6) is 5.75 Å². The van der Waals surface area contributed by atoms with Crippen LogP contribution in [-0.4, -0.2) is 34.0 Å². The second kappa shape index (κ2) is 13.0. The molecule has 9 heteroatoms. The van der Waals surface area contributed by atoms with Gasteiger partial charge in [-0.25, -0.2) is 0 Å². The minimum atomic E-state index is -0.233. The zero-order valence-corrected chi connectivity index (χ0v) is 21.9. The first-order chi connectivity index (χ1) is 18.5. The van der Waals surface area contributed by atoms with Crippen LogP contribution >= 0.6 is 0 Å². The summed E-state index contributed by atoms with van der Waals surface area (Å²) in [7, 11) is 0. The van der Waals surface area contributed by atoms with Gasteiger partial charge in [0.25, 0.3) is 0 Å². The van der Waals surface area contributed by atoms with Crippen LogP contribution in [0.2, 0.25) is 0 Å². The number of aromatic nitrogens is 3. The Morgan fingerprint density at radius 1 is 0.658 bits per heavy atom. The lowest BCUT2D eigenvalue weighted by molar-refractivity contribution is -0.114. The Morgan fingerprint density at radius 3 is 1.61 bits per heavy atom. The maximum atomic E-state index is 12.6. The van der Waals surface area contributed by atoms with Gasteiger partial charge in [0.1, 0.15) is 5.75 Å². The van der Waals surface area contributed by atoms with Crippen LogP contribution in [-0.2, 0) is 17.6 Å². The van der Waals surface area contributed by atoms with E-state index in [-0.39, 0.29) is 18.4 Å². The Labute approximate surface area is 223 Å². The van der Waals surface area contributed by atoms with E-state index in [1.807, 2.05) is 43.3 Å². The lowest BCUT2D eigenvalue weighted by Gasteiger charge is -2.12. The third kappa shape index (κ3) is 7.67. The van der Waals surface area contributed by atoms with Gasteiger partial charge >= 0.3 is 0 Å². The number of anilines is 6. The van der Waals surface area contributed by atoms with E-state index in [9.17, 15) is 4.79 Å². The van der Waals surface area contributed by atoms with Gasteiger partial charge in [0.05, 0.1) is 13.2 Å². The molecule has 196 valence electrons. The van der Waals surface area contributed by atoms with Gasteiger partial charge in [0.15, 0.2) is 0 Å². The van der Waals surface area contributed by atoms with Crippen LogP contribution in [0.15, 0.2) is 72.8 Å². The number of nitrogens with zero attached hydrogens (tertiary/aromatic N) is 3. The molecule has 4 rings (SSSR count). The number of ether oxygens (including phenoxy) is 1. The summed E-state index contributed by atoms with van der Waals surface area (Å²) >= 11 is 0. The highest BCUT2D eigenvalue weighted by Gasteiger charge is 2.10. The first-order valence-electron chi connectivity index (χ1n) is 12.8. The maximum Gasteiger partial charge on any atom is 0.243 e. The van der Waals surface area contributed by atoms with Gasteiger partial charge in [0, 0.05) is 17.1 Å². The van der Waals surface area contributed by atoms with E-state index in [2.05, 4.69) is 74.3 Å². The van der Waals surface area contributed by atoms with E-state index < -0.39 is 0 Å². The second-order valence-corrected chi connectivity index (χ2v) is 8.52. The van der Waals surface area contributed by atoms with E-state index in [4.69, 9.17) is 4.74 Å². The Morgan fingerprint density at radius 2 is 1.13 bits per heavy atom. The number of carbonyl (C=O) groups excluding carboxylic acids is 1. The van der Waals surface area contributed by atoms with Crippen LogP contribution in [0.4, 0.5) is 34.9 Å². The predicted octanol–water partition coefficient (Wildman–Crippen LogP) is 5.93. The lowest BCUT2D eigenvalue weighted by Crippen LogP contribution is -2.23. The van der Waals surface area contributed by atoms with E-state index in [1.54, 1.807) is 12.1 Å². The first kappa shape index (κ1) is 26.4. The van der Waals surface area contributed by atoms with E-state index in [0.29, 0.717) is 24.2 Å². The predicted molar refractivity (Wildman–Crippen MR) is 153 cm³/mol. The topological polar surface area (TPSA) is 113 Å². The Bertz CT molecular complexity index is 1260. The molecule has 0 radical (unpaired) electrons. The molecule has 1 heterocycles. The number of rotatable bonds is 12. The lowest BCUT2D eigenvalue weighted by atomic mass is 10.1. The van der Waals surface area contributed by atoms with Crippen molar-refractivity contribution >= 4 is 40.8 Å². The molecule has 0 saturated carbocycles.